The number of carbonyl (C=O) groups excluding carboxylic acids is 2. The molecule has 2 aromatic carbocycles. The highest BCUT2D eigenvalue weighted by Crippen LogP contribution is 2.44. The standard InChI is InChI=1S/C25H26N2O6/c28-13-22(24(30)31)27-23(29)15-6-5-7-16(12-15)26-25(32)33-14-21-19-10-3-1-8-17(19)18-9-2-4-11-20(18)21/h1-5,7-11,15-16,21-22,28H,6,12-14H2,(H,26,32)(H,27,29)(H,30,31)/t15-,16-,22-/m1/s1. The molecule has 0 aliphatic heterocycles. The van der Waals surface area contributed by atoms with Crippen molar-refractivity contribution in [2.75, 3.05) is 13.2 Å². The average molecular weight is 450 g/mol. The van der Waals surface area contributed by atoms with Gasteiger partial charge in [0.1, 0.15) is 12.6 Å². The van der Waals surface area contributed by atoms with E-state index in [0.29, 0.717) is 12.8 Å². The minimum atomic E-state index is -1.35. The van der Waals surface area contributed by atoms with Gasteiger partial charge in [-0.05, 0) is 35.1 Å². The monoisotopic (exact) mass is 450 g/mol. The average Bonchev–Trinajstić information content (AvgIpc) is 3.14. The van der Waals surface area contributed by atoms with Gasteiger partial charge in [0, 0.05) is 11.8 Å². The van der Waals surface area contributed by atoms with Gasteiger partial charge < -0.3 is 25.6 Å². The van der Waals surface area contributed by atoms with Crippen LogP contribution in [-0.2, 0) is 14.3 Å². The number of carbonyl (C=O) groups is 3. The summed E-state index contributed by atoms with van der Waals surface area (Å²) < 4.78 is 5.56. The summed E-state index contributed by atoms with van der Waals surface area (Å²) >= 11 is 0. The molecule has 3 atom stereocenters. The second-order valence-corrected chi connectivity index (χ2v) is 8.25. The summed E-state index contributed by atoms with van der Waals surface area (Å²) in [5.74, 6) is -2.33. The lowest BCUT2D eigenvalue weighted by molar-refractivity contribution is -0.143. The number of aliphatic hydroxyl groups excluding tert-OH is 1. The first kappa shape index (κ1) is 22.5. The van der Waals surface area contributed by atoms with E-state index in [1.807, 2.05) is 36.4 Å². The Bertz CT molecular complexity index is 1040. The molecule has 8 nitrogen and oxygen atoms in total. The minimum absolute atomic E-state index is 0.0463. The van der Waals surface area contributed by atoms with E-state index < -0.39 is 42.6 Å². The lowest BCUT2D eigenvalue weighted by Crippen LogP contribution is -2.47. The summed E-state index contributed by atoms with van der Waals surface area (Å²) in [5, 5.41) is 23.2. The van der Waals surface area contributed by atoms with Gasteiger partial charge in [0.25, 0.3) is 0 Å². The molecule has 0 spiro atoms. The molecule has 172 valence electrons. The van der Waals surface area contributed by atoms with Crippen molar-refractivity contribution in [1.29, 1.82) is 0 Å². The molecule has 0 fully saturated rings. The van der Waals surface area contributed by atoms with Crippen molar-refractivity contribution in [2.45, 2.75) is 30.8 Å². The normalized spacial score (nSPS) is 19.8. The van der Waals surface area contributed by atoms with Gasteiger partial charge in [-0.3, -0.25) is 4.79 Å². The van der Waals surface area contributed by atoms with Gasteiger partial charge in [0.15, 0.2) is 0 Å². The van der Waals surface area contributed by atoms with E-state index in [4.69, 9.17) is 14.9 Å². The first-order valence-corrected chi connectivity index (χ1v) is 10.9. The number of hydrogen-bond acceptors (Lipinski definition) is 5. The summed E-state index contributed by atoms with van der Waals surface area (Å²) in [6, 6.07) is 14.4. The summed E-state index contributed by atoms with van der Waals surface area (Å²) in [7, 11) is 0. The maximum Gasteiger partial charge on any atom is 0.407 e. The van der Waals surface area contributed by atoms with Crippen LogP contribution in [0.1, 0.15) is 29.9 Å². The van der Waals surface area contributed by atoms with E-state index in [1.165, 1.54) is 0 Å². The van der Waals surface area contributed by atoms with Crippen LogP contribution >= 0.6 is 0 Å². The topological polar surface area (TPSA) is 125 Å². The number of ether oxygens (including phenoxy) is 1. The number of amides is 2. The van der Waals surface area contributed by atoms with Gasteiger partial charge in [0.2, 0.25) is 5.91 Å². The van der Waals surface area contributed by atoms with Crippen LogP contribution in [0.4, 0.5) is 4.79 Å². The van der Waals surface area contributed by atoms with Crippen molar-refractivity contribution in [1.82, 2.24) is 10.6 Å². The maximum atomic E-state index is 12.5. The van der Waals surface area contributed by atoms with Crippen LogP contribution in [0.25, 0.3) is 11.1 Å². The van der Waals surface area contributed by atoms with Crippen molar-refractivity contribution in [3.05, 3.63) is 71.8 Å². The third-order valence-electron chi connectivity index (χ3n) is 6.14. The quantitative estimate of drug-likeness (QED) is 0.480. The highest BCUT2D eigenvalue weighted by molar-refractivity contribution is 5.85. The second kappa shape index (κ2) is 9.87. The number of nitrogens with one attached hydrogen (secondary N) is 2. The zero-order valence-corrected chi connectivity index (χ0v) is 17.9. The number of aliphatic hydroxyl groups is 1. The van der Waals surface area contributed by atoms with Crippen molar-refractivity contribution < 1.29 is 29.3 Å². The van der Waals surface area contributed by atoms with Gasteiger partial charge in [-0.1, -0.05) is 60.7 Å². The lowest BCUT2D eigenvalue weighted by Gasteiger charge is -2.26. The van der Waals surface area contributed by atoms with Crippen LogP contribution in [0.15, 0.2) is 60.7 Å². The molecule has 8 heteroatoms. The molecular weight excluding hydrogens is 424 g/mol. The number of fused-ring (bicyclic) bond motifs is 3. The molecule has 2 aliphatic rings. The Morgan fingerprint density at radius 1 is 1.03 bits per heavy atom. The van der Waals surface area contributed by atoms with Crippen LogP contribution < -0.4 is 10.6 Å². The second-order valence-electron chi connectivity index (χ2n) is 8.25. The Kier molecular flexibility index (Phi) is 6.74. The number of hydrogen-bond donors (Lipinski definition) is 4. The number of rotatable bonds is 7. The fraction of sp³-hybridized carbons (Fsp3) is 0.320. The van der Waals surface area contributed by atoms with Gasteiger partial charge >= 0.3 is 12.1 Å². The number of carboxylic acid groups (broad SMARTS) is 1. The molecule has 0 saturated heterocycles. The predicted molar refractivity (Wildman–Crippen MR) is 121 cm³/mol. The predicted octanol–water partition coefficient (Wildman–Crippen LogP) is 2.42. The molecule has 0 aromatic heterocycles. The molecule has 4 rings (SSSR count). The smallest absolute Gasteiger partial charge is 0.407 e. The molecule has 0 unspecified atom stereocenters. The number of carboxylic acids is 1. The van der Waals surface area contributed by atoms with Crippen LogP contribution in [0, 0.1) is 5.92 Å². The first-order chi connectivity index (χ1) is 16.0. The third-order valence-corrected chi connectivity index (χ3v) is 6.14. The number of benzene rings is 2. The van der Waals surface area contributed by atoms with Gasteiger partial charge in [-0.2, -0.15) is 0 Å². The van der Waals surface area contributed by atoms with Gasteiger partial charge in [-0.25, -0.2) is 9.59 Å². The van der Waals surface area contributed by atoms with Crippen molar-refractivity contribution in [3.8, 4) is 11.1 Å². The highest BCUT2D eigenvalue weighted by atomic mass is 16.5. The first-order valence-electron chi connectivity index (χ1n) is 10.9. The summed E-state index contributed by atoms with van der Waals surface area (Å²) in [6.07, 6.45) is 3.73. The third kappa shape index (κ3) is 4.90. The Morgan fingerprint density at radius 2 is 1.67 bits per heavy atom. The van der Waals surface area contributed by atoms with Gasteiger partial charge in [-0.15, -0.1) is 0 Å². The fourth-order valence-electron chi connectivity index (χ4n) is 4.48. The molecule has 0 radical (unpaired) electrons. The summed E-state index contributed by atoms with van der Waals surface area (Å²) in [6.45, 7) is -0.498. The molecule has 2 amide bonds. The molecular formula is C25H26N2O6. The highest BCUT2D eigenvalue weighted by Gasteiger charge is 2.31. The molecule has 4 N–H and O–H groups in total. The van der Waals surface area contributed by atoms with E-state index >= 15 is 0 Å². The van der Waals surface area contributed by atoms with E-state index in [-0.39, 0.29) is 12.5 Å². The molecule has 33 heavy (non-hydrogen) atoms. The summed E-state index contributed by atoms with van der Waals surface area (Å²) in [4.78, 5) is 35.9. The Morgan fingerprint density at radius 3 is 2.27 bits per heavy atom. The zero-order valence-electron chi connectivity index (χ0n) is 17.9. The Labute approximate surface area is 191 Å². The van der Waals surface area contributed by atoms with E-state index in [1.54, 1.807) is 12.2 Å². The van der Waals surface area contributed by atoms with E-state index in [9.17, 15) is 14.4 Å². The molecule has 0 bridgehead atoms. The molecule has 2 aliphatic carbocycles. The van der Waals surface area contributed by atoms with Crippen molar-refractivity contribution >= 4 is 18.0 Å². The van der Waals surface area contributed by atoms with E-state index in [2.05, 4.69) is 22.8 Å². The van der Waals surface area contributed by atoms with Gasteiger partial charge in [0.05, 0.1) is 12.6 Å². The van der Waals surface area contributed by atoms with Crippen molar-refractivity contribution in [3.63, 3.8) is 0 Å². The minimum Gasteiger partial charge on any atom is -0.480 e. The van der Waals surface area contributed by atoms with Crippen LogP contribution in [0.3, 0.4) is 0 Å². The fourth-order valence-corrected chi connectivity index (χ4v) is 4.48. The Balaban J connectivity index is 1.33. The van der Waals surface area contributed by atoms with Crippen LogP contribution in [0.5, 0.6) is 0 Å². The van der Waals surface area contributed by atoms with Crippen LogP contribution in [0.2, 0.25) is 0 Å². The number of allylic oxidation sites excluding steroid dienone is 1. The number of aliphatic carboxylic acids is 1. The van der Waals surface area contributed by atoms with E-state index in [0.717, 1.165) is 22.3 Å². The molecule has 2 aromatic rings. The zero-order chi connectivity index (χ0) is 23.4. The van der Waals surface area contributed by atoms with Crippen LogP contribution in [-0.4, -0.2) is 53.5 Å². The SMILES string of the molecule is O=C(N[C@@H]1C=CC[C@@H](C(=O)N[C@H](CO)C(=O)O)C1)OCC1c2ccccc2-c2ccccc21. The molecule has 0 saturated carbocycles. The lowest BCUT2D eigenvalue weighted by atomic mass is 9.90. The Hall–Kier alpha value is -3.65. The maximum absolute atomic E-state index is 12.5. The molecule has 0 heterocycles. The largest absolute Gasteiger partial charge is 0.480 e. The van der Waals surface area contributed by atoms with Crippen molar-refractivity contribution in [2.24, 2.45) is 5.92 Å². The number of alkyl carbamates (subject to hydrolysis) is 1. The summed E-state index contributed by atoms with van der Waals surface area (Å²) in [5.41, 5.74) is 4.54.